The smallest absolute Gasteiger partial charge is 0.338 e. The van der Waals surface area contributed by atoms with E-state index in [0.29, 0.717) is 5.52 Å². The lowest BCUT2D eigenvalue weighted by molar-refractivity contribution is 0.0699. The second-order valence-electron chi connectivity index (χ2n) is 2.56. The first-order valence-electron chi connectivity index (χ1n) is 3.54. The average Bonchev–Trinajstić information content (AvgIpc) is 2.49. The largest absolute Gasteiger partial charge is 0.478 e. The third kappa shape index (κ3) is 1.39. The minimum Gasteiger partial charge on any atom is -0.478 e. The van der Waals surface area contributed by atoms with Crippen LogP contribution in [-0.4, -0.2) is 21.0 Å². The molecule has 0 spiro atoms. The maximum atomic E-state index is 10.8. The van der Waals surface area contributed by atoms with Gasteiger partial charge in [-0.1, -0.05) is 0 Å². The highest BCUT2D eigenvalue weighted by Crippen LogP contribution is 2.18. The van der Waals surface area contributed by atoms with E-state index in [0.717, 1.165) is 9.09 Å². The molecule has 4 nitrogen and oxygen atoms in total. The number of carboxylic acids is 1. The van der Waals surface area contributed by atoms with Crippen molar-refractivity contribution in [3.63, 3.8) is 0 Å². The molecular weight excluding hydrogens is 283 g/mol. The van der Waals surface area contributed by atoms with Crippen LogP contribution in [0.3, 0.4) is 0 Å². The van der Waals surface area contributed by atoms with Crippen LogP contribution in [0.2, 0.25) is 0 Å². The lowest BCUT2D eigenvalue weighted by atomic mass is 10.2. The zero-order chi connectivity index (χ0) is 9.42. The number of aromatic carboxylic acids is 1. The van der Waals surface area contributed by atoms with Gasteiger partial charge in [-0.25, -0.2) is 9.78 Å². The number of hydrogen-bond donors (Lipinski definition) is 2. The first kappa shape index (κ1) is 8.49. The van der Waals surface area contributed by atoms with Crippen LogP contribution >= 0.6 is 22.6 Å². The third-order valence-corrected chi connectivity index (χ3v) is 2.34. The van der Waals surface area contributed by atoms with Crippen LogP contribution in [-0.2, 0) is 0 Å². The third-order valence-electron chi connectivity index (χ3n) is 1.72. The topological polar surface area (TPSA) is 66.0 Å². The second-order valence-corrected chi connectivity index (χ2v) is 3.80. The summed E-state index contributed by atoms with van der Waals surface area (Å²) in [5.74, 6) is -0.949. The van der Waals surface area contributed by atoms with Gasteiger partial charge in [-0.2, -0.15) is 0 Å². The first-order valence-corrected chi connectivity index (χ1v) is 4.62. The van der Waals surface area contributed by atoms with Crippen molar-refractivity contribution in [2.75, 3.05) is 0 Å². The molecule has 0 saturated heterocycles. The van der Waals surface area contributed by atoms with Crippen molar-refractivity contribution in [3.8, 4) is 0 Å². The Bertz CT molecular complexity index is 478. The number of nitrogens with zero attached hydrogens (tertiary/aromatic N) is 1. The van der Waals surface area contributed by atoms with Gasteiger partial charge in [-0.15, -0.1) is 0 Å². The van der Waals surface area contributed by atoms with E-state index in [1.165, 1.54) is 6.33 Å². The number of benzene rings is 1. The summed E-state index contributed by atoms with van der Waals surface area (Å²) in [6.45, 7) is 0. The normalized spacial score (nSPS) is 10.5. The van der Waals surface area contributed by atoms with Gasteiger partial charge in [0.2, 0.25) is 0 Å². The van der Waals surface area contributed by atoms with E-state index < -0.39 is 5.97 Å². The Morgan fingerprint density at radius 2 is 2.31 bits per heavy atom. The Kier molecular flexibility index (Phi) is 1.95. The van der Waals surface area contributed by atoms with Crippen LogP contribution in [0, 0.1) is 3.57 Å². The Balaban J connectivity index is 2.84. The SMILES string of the molecule is O=C(O)c1cc(I)cc2[nH]cnc12. The van der Waals surface area contributed by atoms with E-state index in [2.05, 4.69) is 32.6 Å². The molecule has 5 heteroatoms. The summed E-state index contributed by atoms with van der Waals surface area (Å²) in [5.41, 5.74) is 1.50. The Morgan fingerprint density at radius 1 is 1.54 bits per heavy atom. The van der Waals surface area contributed by atoms with Gasteiger partial charge < -0.3 is 10.1 Å². The van der Waals surface area contributed by atoms with Crippen LogP contribution in [0.1, 0.15) is 10.4 Å². The average molecular weight is 288 g/mol. The number of hydrogen-bond acceptors (Lipinski definition) is 2. The van der Waals surface area contributed by atoms with Gasteiger partial charge >= 0.3 is 5.97 Å². The van der Waals surface area contributed by atoms with Crippen molar-refractivity contribution in [3.05, 3.63) is 27.6 Å². The molecule has 0 unspecified atom stereocenters. The maximum absolute atomic E-state index is 10.8. The molecule has 2 aromatic rings. The summed E-state index contributed by atoms with van der Waals surface area (Å²) in [6, 6.07) is 3.46. The van der Waals surface area contributed by atoms with Crippen molar-refractivity contribution in [1.29, 1.82) is 0 Å². The van der Waals surface area contributed by atoms with Crippen molar-refractivity contribution in [2.45, 2.75) is 0 Å². The zero-order valence-corrected chi connectivity index (χ0v) is 8.57. The quantitative estimate of drug-likeness (QED) is 0.787. The minimum atomic E-state index is -0.949. The van der Waals surface area contributed by atoms with Gasteiger partial charge in [0.05, 0.1) is 17.4 Å². The second kappa shape index (κ2) is 2.99. The van der Waals surface area contributed by atoms with Gasteiger partial charge in [0.15, 0.2) is 0 Å². The van der Waals surface area contributed by atoms with Gasteiger partial charge in [-0.05, 0) is 34.7 Å². The van der Waals surface area contributed by atoms with Crippen molar-refractivity contribution >= 4 is 39.6 Å². The molecule has 0 fully saturated rings. The molecular formula is C8H5IN2O2. The molecule has 0 radical (unpaired) electrons. The van der Waals surface area contributed by atoms with Crippen LogP contribution in [0.5, 0.6) is 0 Å². The Labute approximate surface area is 87.1 Å². The Hall–Kier alpha value is -1.11. The predicted molar refractivity (Wildman–Crippen MR) is 55.8 cm³/mol. The number of H-pyrrole nitrogens is 1. The molecule has 0 bridgehead atoms. The van der Waals surface area contributed by atoms with E-state index in [9.17, 15) is 4.79 Å². The summed E-state index contributed by atoms with van der Waals surface area (Å²) in [4.78, 5) is 17.6. The highest BCUT2D eigenvalue weighted by molar-refractivity contribution is 14.1. The fourth-order valence-electron chi connectivity index (χ4n) is 1.18. The number of halogens is 1. The van der Waals surface area contributed by atoms with Gasteiger partial charge in [0, 0.05) is 3.57 Å². The van der Waals surface area contributed by atoms with Gasteiger partial charge in [0.25, 0.3) is 0 Å². The van der Waals surface area contributed by atoms with E-state index in [4.69, 9.17) is 5.11 Å². The number of carboxylic acid groups (broad SMARTS) is 1. The predicted octanol–water partition coefficient (Wildman–Crippen LogP) is 1.87. The molecule has 0 aliphatic heterocycles. The number of imidazole rings is 1. The fraction of sp³-hybridized carbons (Fsp3) is 0. The van der Waals surface area contributed by atoms with Gasteiger partial charge in [0.1, 0.15) is 5.52 Å². The summed E-state index contributed by atoms with van der Waals surface area (Å²) < 4.78 is 0.881. The molecule has 0 amide bonds. The van der Waals surface area contributed by atoms with E-state index >= 15 is 0 Å². The monoisotopic (exact) mass is 288 g/mol. The van der Waals surface area contributed by atoms with Crippen LogP contribution < -0.4 is 0 Å². The van der Waals surface area contributed by atoms with Crippen molar-refractivity contribution in [2.24, 2.45) is 0 Å². The molecule has 66 valence electrons. The minimum absolute atomic E-state index is 0.239. The summed E-state index contributed by atoms with van der Waals surface area (Å²) >= 11 is 2.07. The van der Waals surface area contributed by atoms with Crippen molar-refractivity contribution in [1.82, 2.24) is 9.97 Å². The van der Waals surface area contributed by atoms with Crippen LogP contribution in [0.4, 0.5) is 0 Å². The molecule has 13 heavy (non-hydrogen) atoms. The van der Waals surface area contributed by atoms with Crippen LogP contribution in [0.25, 0.3) is 11.0 Å². The molecule has 0 aliphatic carbocycles. The zero-order valence-electron chi connectivity index (χ0n) is 6.41. The van der Waals surface area contributed by atoms with E-state index in [-0.39, 0.29) is 5.56 Å². The number of carbonyl (C=O) groups is 1. The summed E-state index contributed by atoms with van der Waals surface area (Å²) in [6.07, 6.45) is 1.49. The lowest BCUT2D eigenvalue weighted by Gasteiger charge is -1.96. The van der Waals surface area contributed by atoms with E-state index in [1.807, 2.05) is 6.07 Å². The standard InChI is InChI=1S/C8H5IN2O2/c9-4-1-5(8(12)13)7-6(2-4)10-3-11-7/h1-3H,(H,10,11)(H,12,13). The fourth-order valence-corrected chi connectivity index (χ4v) is 1.80. The number of nitrogens with one attached hydrogen (secondary N) is 1. The number of aromatic nitrogens is 2. The molecule has 1 aromatic heterocycles. The molecule has 1 aromatic carbocycles. The number of fused-ring (bicyclic) bond motifs is 1. The highest BCUT2D eigenvalue weighted by atomic mass is 127. The highest BCUT2D eigenvalue weighted by Gasteiger charge is 2.11. The van der Waals surface area contributed by atoms with Crippen LogP contribution in [0.15, 0.2) is 18.5 Å². The summed E-state index contributed by atoms with van der Waals surface area (Å²) in [5, 5.41) is 8.87. The molecule has 0 aliphatic rings. The number of rotatable bonds is 1. The molecule has 0 saturated carbocycles. The Morgan fingerprint density at radius 3 is 3.00 bits per heavy atom. The summed E-state index contributed by atoms with van der Waals surface area (Å²) in [7, 11) is 0. The molecule has 0 atom stereocenters. The van der Waals surface area contributed by atoms with Gasteiger partial charge in [-0.3, -0.25) is 0 Å². The van der Waals surface area contributed by atoms with Crippen molar-refractivity contribution < 1.29 is 9.90 Å². The molecule has 2 N–H and O–H groups in total. The maximum Gasteiger partial charge on any atom is 0.338 e. The molecule has 1 heterocycles. The number of aromatic amines is 1. The lowest BCUT2D eigenvalue weighted by Crippen LogP contribution is -1.98. The van der Waals surface area contributed by atoms with E-state index in [1.54, 1.807) is 6.07 Å². The first-order chi connectivity index (χ1) is 6.18. The molecule has 2 rings (SSSR count).